The van der Waals surface area contributed by atoms with Gasteiger partial charge in [0.25, 0.3) is 5.91 Å². The van der Waals surface area contributed by atoms with E-state index in [0.717, 1.165) is 49.0 Å². The van der Waals surface area contributed by atoms with Crippen LogP contribution in [0.5, 0.6) is 0 Å². The highest BCUT2D eigenvalue weighted by atomic mass is 35.5. The summed E-state index contributed by atoms with van der Waals surface area (Å²) in [6, 6.07) is 1.86. The van der Waals surface area contributed by atoms with Crippen molar-refractivity contribution in [1.82, 2.24) is 15.2 Å². The number of halogens is 2. The second-order valence-electron chi connectivity index (χ2n) is 5.68. The van der Waals surface area contributed by atoms with Crippen molar-refractivity contribution in [3.05, 3.63) is 29.7 Å². The second-order valence-corrected chi connectivity index (χ2v) is 6.54. The summed E-state index contributed by atoms with van der Waals surface area (Å²) >= 11 is 1.48. The molecule has 1 amide bonds. The number of rotatable bonds is 5. The minimum Gasteiger partial charge on any atom is -0.472 e. The summed E-state index contributed by atoms with van der Waals surface area (Å²) in [5.74, 6) is 0.784. The number of aromatic nitrogens is 1. The van der Waals surface area contributed by atoms with E-state index in [1.807, 2.05) is 23.4 Å². The number of furan rings is 1. The lowest BCUT2D eigenvalue weighted by molar-refractivity contribution is 0.0682. The number of hydrogen-bond donors (Lipinski definition) is 1. The Morgan fingerprint density at radius 2 is 2.17 bits per heavy atom. The third kappa shape index (κ3) is 4.96. The first kappa shape index (κ1) is 21.0. The molecular weight excluding hydrogens is 369 g/mol. The topological polar surface area (TPSA) is 58.4 Å². The monoisotopic (exact) mass is 391 g/mol. The van der Waals surface area contributed by atoms with Crippen LogP contribution >= 0.6 is 36.2 Å². The number of nitrogens with one attached hydrogen (secondary N) is 1. The molecule has 3 rings (SSSR count). The Balaban J connectivity index is 0.00000144. The quantitative estimate of drug-likeness (QED) is 0.843. The standard InChI is InChI=1S/C16H21N3O2S.2ClH/c1-17-6-2-12-3-7-19(8-4-12)16(20)14-11-22-15(18-14)13-5-9-21-10-13;;/h5,9-12,17H,2-4,6-8H2,1H3;2*1H. The summed E-state index contributed by atoms with van der Waals surface area (Å²) in [6.07, 6.45) is 6.65. The highest BCUT2D eigenvalue weighted by Crippen LogP contribution is 2.26. The normalized spacial score (nSPS) is 14.8. The molecule has 1 N–H and O–H groups in total. The summed E-state index contributed by atoms with van der Waals surface area (Å²) in [6.45, 7) is 2.73. The van der Waals surface area contributed by atoms with Gasteiger partial charge < -0.3 is 14.6 Å². The number of nitrogens with zero attached hydrogens (tertiary/aromatic N) is 2. The van der Waals surface area contributed by atoms with Crippen LogP contribution in [0.3, 0.4) is 0 Å². The van der Waals surface area contributed by atoms with Gasteiger partial charge in [0.1, 0.15) is 17.0 Å². The number of carbonyl (C=O) groups excluding carboxylic acids is 1. The third-order valence-electron chi connectivity index (χ3n) is 4.20. The van der Waals surface area contributed by atoms with E-state index in [1.54, 1.807) is 12.5 Å². The van der Waals surface area contributed by atoms with E-state index in [-0.39, 0.29) is 30.7 Å². The molecule has 0 atom stereocenters. The molecule has 1 fully saturated rings. The van der Waals surface area contributed by atoms with Gasteiger partial charge in [-0.1, -0.05) is 0 Å². The molecule has 24 heavy (non-hydrogen) atoms. The lowest BCUT2D eigenvalue weighted by atomic mass is 9.93. The van der Waals surface area contributed by atoms with Gasteiger partial charge in [0.05, 0.1) is 6.26 Å². The van der Waals surface area contributed by atoms with Crippen molar-refractivity contribution in [2.75, 3.05) is 26.7 Å². The van der Waals surface area contributed by atoms with E-state index < -0.39 is 0 Å². The molecule has 0 bridgehead atoms. The van der Waals surface area contributed by atoms with Crippen LogP contribution in [0.2, 0.25) is 0 Å². The molecule has 0 saturated carbocycles. The van der Waals surface area contributed by atoms with E-state index in [2.05, 4.69) is 10.3 Å². The largest absolute Gasteiger partial charge is 0.472 e. The first-order valence-electron chi connectivity index (χ1n) is 7.70. The Labute approximate surface area is 158 Å². The summed E-state index contributed by atoms with van der Waals surface area (Å²) in [5.41, 5.74) is 1.48. The van der Waals surface area contributed by atoms with Crippen molar-refractivity contribution < 1.29 is 9.21 Å². The molecule has 0 radical (unpaired) electrons. The SMILES string of the molecule is CNCCC1CCN(C(=O)c2csc(-c3ccoc3)n2)CC1.Cl.Cl. The molecule has 134 valence electrons. The zero-order chi connectivity index (χ0) is 15.4. The van der Waals surface area contributed by atoms with Gasteiger partial charge >= 0.3 is 0 Å². The maximum atomic E-state index is 12.5. The van der Waals surface area contributed by atoms with Gasteiger partial charge in [0.15, 0.2) is 0 Å². The molecule has 0 spiro atoms. The molecule has 0 unspecified atom stereocenters. The van der Waals surface area contributed by atoms with Crippen LogP contribution in [-0.4, -0.2) is 42.5 Å². The Morgan fingerprint density at radius 3 is 2.79 bits per heavy atom. The van der Waals surface area contributed by atoms with Crippen LogP contribution < -0.4 is 5.32 Å². The van der Waals surface area contributed by atoms with Gasteiger partial charge in [-0.2, -0.15) is 0 Å². The summed E-state index contributed by atoms with van der Waals surface area (Å²) < 4.78 is 5.07. The van der Waals surface area contributed by atoms with E-state index in [0.29, 0.717) is 5.69 Å². The first-order chi connectivity index (χ1) is 10.8. The van der Waals surface area contributed by atoms with Gasteiger partial charge in [-0.3, -0.25) is 4.79 Å². The van der Waals surface area contributed by atoms with Gasteiger partial charge in [0.2, 0.25) is 0 Å². The van der Waals surface area contributed by atoms with Gasteiger partial charge in [-0.05, 0) is 44.8 Å². The zero-order valence-corrected chi connectivity index (χ0v) is 16.0. The van der Waals surface area contributed by atoms with E-state index >= 15 is 0 Å². The summed E-state index contributed by atoms with van der Waals surface area (Å²) in [5, 5.41) is 5.87. The molecular formula is C16H23Cl2N3O2S. The Morgan fingerprint density at radius 1 is 1.42 bits per heavy atom. The molecule has 5 nitrogen and oxygen atoms in total. The summed E-state index contributed by atoms with van der Waals surface area (Å²) in [7, 11) is 1.98. The Bertz CT molecular complexity index is 611. The number of carbonyl (C=O) groups is 1. The molecule has 1 aliphatic rings. The van der Waals surface area contributed by atoms with Crippen molar-refractivity contribution in [2.24, 2.45) is 5.92 Å². The Kier molecular flexibility index (Phi) is 8.76. The number of piperidine rings is 1. The third-order valence-corrected chi connectivity index (χ3v) is 5.09. The van der Waals surface area contributed by atoms with E-state index in [9.17, 15) is 4.79 Å². The van der Waals surface area contributed by atoms with Crippen LogP contribution in [0.25, 0.3) is 10.6 Å². The fourth-order valence-electron chi connectivity index (χ4n) is 2.83. The fraction of sp³-hybridized carbons (Fsp3) is 0.500. The van der Waals surface area contributed by atoms with Crippen molar-refractivity contribution in [3.8, 4) is 10.6 Å². The first-order valence-corrected chi connectivity index (χ1v) is 8.58. The number of likely N-dealkylation sites (tertiary alicyclic amines) is 1. The van der Waals surface area contributed by atoms with E-state index in [4.69, 9.17) is 4.42 Å². The van der Waals surface area contributed by atoms with Crippen LogP contribution in [0.1, 0.15) is 29.8 Å². The molecule has 8 heteroatoms. The average molecular weight is 392 g/mol. The van der Waals surface area contributed by atoms with Crippen molar-refractivity contribution in [1.29, 1.82) is 0 Å². The van der Waals surface area contributed by atoms with Gasteiger partial charge in [-0.15, -0.1) is 36.2 Å². The number of thiazole rings is 1. The molecule has 3 heterocycles. The molecule has 0 aromatic carbocycles. The minimum atomic E-state index is 0. The van der Waals surface area contributed by atoms with Crippen LogP contribution in [-0.2, 0) is 0 Å². The smallest absolute Gasteiger partial charge is 0.273 e. The maximum absolute atomic E-state index is 12.5. The van der Waals surface area contributed by atoms with Crippen molar-refractivity contribution in [3.63, 3.8) is 0 Å². The lowest BCUT2D eigenvalue weighted by Crippen LogP contribution is -2.39. The molecule has 1 saturated heterocycles. The zero-order valence-electron chi connectivity index (χ0n) is 13.6. The highest BCUT2D eigenvalue weighted by Gasteiger charge is 2.25. The Hall–Kier alpha value is -1.08. The van der Waals surface area contributed by atoms with Crippen molar-refractivity contribution >= 4 is 42.1 Å². The maximum Gasteiger partial charge on any atom is 0.273 e. The molecule has 2 aromatic heterocycles. The van der Waals surface area contributed by atoms with Crippen LogP contribution in [0, 0.1) is 5.92 Å². The average Bonchev–Trinajstić information content (AvgIpc) is 3.23. The predicted molar refractivity (Wildman–Crippen MR) is 101 cm³/mol. The summed E-state index contributed by atoms with van der Waals surface area (Å²) in [4.78, 5) is 18.9. The van der Waals surface area contributed by atoms with Crippen LogP contribution in [0.15, 0.2) is 28.4 Å². The van der Waals surface area contributed by atoms with Gasteiger partial charge in [0, 0.05) is 24.0 Å². The molecule has 1 aliphatic heterocycles. The second kappa shape index (κ2) is 10.0. The predicted octanol–water partition coefficient (Wildman–Crippen LogP) is 3.71. The van der Waals surface area contributed by atoms with Gasteiger partial charge in [-0.25, -0.2) is 4.98 Å². The fourth-order valence-corrected chi connectivity index (χ4v) is 3.61. The number of hydrogen-bond acceptors (Lipinski definition) is 5. The minimum absolute atomic E-state index is 0. The highest BCUT2D eigenvalue weighted by molar-refractivity contribution is 7.13. The van der Waals surface area contributed by atoms with E-state index in [1.165, 1.54) is 17.8 Å². The molecule has 2 aromatic rings. The molecule has 0 aliphatic carbocycles. The number of amides is 1. The van der Waals surface area contributed by atoms with Crippen LogP contribution in [0.4, 0.5) is 0 Å². The van der Waals surface area contributed by atoms with Crippen molar-refractivity contribution in [2.45, 2.75) is 19.3 Å². The lowest BCUT2D eigenvalue weighted by Gasteiger charge is -2.31.